The number of carbonyl (C=O) groups excluding carboxylic acids is 2. The van der Waals surface area contributed by atoms with E-state index in [0.717, 1.165) is 23.4 Å². The molecule has 0 aliphatic carbocycles. The summed E-state index contributed by atoms with van der Waals surface area (Å²) in [5, 5.41) is 2.96. The second-order valence-corrected chi connectivity index (χ2v) is 6.98. The highest BCUT2D eigenvalue weighted by Crippen LogP contribution is 2.28. The minimum atomic E-state index is -0.318. The van der Waals surface area contributed by atoms with Crippen LogP contribution in [0.3, 0.4) is 0 Å². The zero-order valence-corrected chi connectivity index (χ0v) is 15.5. The number of rotatable bonds is 6. The van der Waals surface area contributed by atoms with Crippen molar-refractivity contribution >= 4 is 23.2 Å². The molecule has 0 saturated carbocycles. The van der Waals surface area contributed by atoms with Gasteiger partial charge in [0, 0.05) is 24.3 Å². The molecule has 1 fully saturated rings. The molecule has 1 aliphatic heterocycles. The number of nitrogens with zero attached hydrogens (tertiary/aromatic N) is 1. The topological polar surface area (TPSA) is 49.4 Å². The van der Waals surface area contributed by atoms with Crippen LogP contribution in [0.15, 0.2) is 48.5 Å². The van der Waals surface area contributed by atoms with Gasteiger partial charge in [0.15, 0.2) is 0 Å². The number of anilines is 2. The van der Waals surface area contributed by atoms with E-state index >= 15 is 0 Å². The molecule has 0 aromatic heterocycles. The standard InChI is InChI=1S/C22H26N2O2/c1-3-4-8-17-10-12-19(13-11-17)23-22(26)18-14-21(25)24(15-18)20-9-6-5-7-16(20)2/h5-7,9-13,18H,3-4,8,14-15H2,1-2H3,(H,23,26). The summed E-state index contributed by atoms with van der Waals surface area (Å²) >= 11 is 0. The molecular formula is C22H26N2O2. The lowest BCUT2D eigenvalue weighted by Gasteiger charge is -2.19. The molecule has 0 radical (unpaired) electrons. The Balaban J connectivity index is 1.62. The average Bonchev–Trinajstić information content (AvgIpc) is 3.03. The lowest BCUT2D eigenvalue weighted by molar-refractivity contribution is -0.122. The highest BCUT2D eigenvalue weighted by molar-refractivity contribution is 6.03. The molecule has 4 heteroatoms. The third-order valence-electron chi connectivity index (χ3n) is 4.94. The molecule has 1 unspecified atom stereocenters. The number of unbranched alkanes of at least 4 members (excludes halogenated alkanes) is 1. The van der Waals surface area contributed by atoms with E-state index in [2.05, 4.69) is 24.4 Å². The van der Waals surface area contributed by atoms with Gasteiger partial charge in [0.05, 0.1) is 5.92 Å². The number of hydrogen-bond donors (Lipinski definition) is 1. The summed E-state index contributed by atoms with van der Waals surface area (Å²) in [6, 6.07) is 15.8. The van der Waals surface area contributed by atoms with E-state index in [0.29, 0.717) is 6.54 Å². The van der Waals surface area contributed by atoms with Crippen LogP contribution in [0.2, 0.25) is 0 Å². The number of nitrogens with one attached hydrogen (secondary N) is 1. The Bertz CT molecular complexity index is 783. The van der Waals surface area contributed by atoms with Crippen molar-refractivity contribution in [1.82, 2.24) is 0 Å². The summed E-state index contributed by atoms with van der Waals surface area (Å²) < 4.78 is 0. The van der Waals surface area contributed by atoms with Crippen molar-refractivity contribution in [3.8, 4) is 0 Å². The summed E-state index contributed by atoms with van der Waals surface area (Å²) in [4.78, 5) is 26.7. The second kappa shape index (κ2) is 8.17. The third kappa shape index (κ3) is 4.13. The van der Waals surface area contributed by atoms with Gasteiger partial charge in [-0.1, -0.05) is 43.7 Å². The molecule has 2 aromatic rings. The van der Waals surface area contributed by atoms with Crippen molar-refractivity contribution in [2.75, 3.05) is 16.8 Å². The SMILES string of the molecule is CCCCc1ccc(NC(=O)C2CC(=O)N(c3ccccc3C)C2)cc1. The summed E-state index contributed by atoms with van der Waals surface area (Å²) in [5.74, 6) is -0.396. The fraction of sp³-hybridized carbons (Fsp3) is 0.364. The zero-order valence-electron chi connectivity index (χ0n) is 15.5. The first kappa shape index (κ1) is 18.2. The van der Waals surface area contributed by atoms with Crippen molar-refractivity contribution < 1.29 is 9.59 Å². The van der Waals surface area contributed by atoms with Gasteiger partial charge in [0.25, 0.3) is 0 Å². The van der Waals surface area contributed by atoms with Gasteiger partial charge >= 0.3 is 0 Å². The molecule has 4 nitrogen and oxygen atoms in total. The smallest absolute Gasteiger partial charge is 0.229 e. The minimum Gasteiger partial charge on any atom is -0.326 e. The maximum atomic E-state index is 12.6. The van der Waals surface area contributed by atoms with Gasteiger partial charge in [-0.2, -0.15) is 0 Å². The summed E-state index contributed by atoms with van der Waals surface area (Å²) in [5.41, 5.74) is 4.02. The van der Waals surface area contributed by atoms with Crippen LogP contribution in [0.4, 0.5) is 11.4 Å². The Hall–Kier alpha value is -2.62. The number of para-hydroxylation sites is 1. The van der Waals surface area contributed by atoms with Crippen molar-refractivity contribution in [3.05, 3.63) is 59.7 Å². The molecule has 0 spiro atoms. The minimum absolute atomic E-state index is 0.00867. The molecule has 2 aromatic carbocycles. The van der Waals surface area contributed by atoms with Crippen LogP contribution in [-0.2, 0) is 16.0 Å². The number of carbonyl (C=O) groups is 2. The Labute approximate surface area is 155 Å². The molecule has 1 atom stereocenters. The van der Waals surface area contributed by atoms with Crippen molar-refractivity contribution in [1.29, 1.82) is 0 Å². The van der Waals surface area contributed by atoms with Gasteiger partial charge in [0.2, 0.25) is 11.8 Å². The fourth-order valence-electron chi connectivity index (χ4n) is 3.36. The maximum absolute atomic E-state index is 12.6. The average molecular weight is 350 g/mol. The number of hydrogen-bond acceptors (Lipinski definition) is 2. The molecule has 1 heterocycles. The molecule has 3 rings (SSSR count). The first-order chi connectivity index (χ1) is 12.6. The van der Waals surface area contributed by atoms with E-state index in [1.807, 2.05) is 43.3 Å². The summed E-state index contributed by atoms with van der Waals surface area (Å²) in [6.45, 7) is 4.60. The number of amides is 2. The van der Waals surface area contributed by atoms with Crippen molar-refractivity contribution in [2.24, 2.45) is 5.92 Å². The normalized spacial score (nSPS) is 16.8. The summed E-state index contributed by atoms with van der Waals surface area (Å²) in [6.07, 6.45) is 3.66. The van der Waals surface area contributed by atoms with E-state index in [1.165, 1.54) is 18.4 Å². The van der Waals surface area contributed by atoms with Crippen LogP contribution in [0.5, 0.6) is 0 Å². The van der Waals surface area contributed by atoms with Gasteiger partial charge in [-0.05, 0) is 49.1 Å². The first-order valence-electron chi connectivity index (χ1n) is 9.34. The highest BCUT2D eigenvalue weighted by atomic mass is 16.2. The van der Waals surface area contributed by atoms with Crippen LogP contribution >= 0.6 is 0 Å². The second-order valence-electron chi connectivity index (χ2n) is 6.98. The third-order valence-corrected chi connectivity index (χ3v) is 4.94. The number of aryl methyl sites for hydroxylation is 2. The number of benzene rings is 2. The van der Waals surface area contributed by atoms with E-state index < -0.39 is 0 Å². The van der Waals surface area contributed by atoms with Gasteiger partial charge in [0.1, 0.15) is 0 Å². The maximum Gasteiger partial charge on any atom is 0.229 e. The van der Waals surface area contributed by atoms with Gasteiger partial charge in [-0.15, -0.1) is 0 Å². The molecule has 26 heavy (non-hydrogen) atoms. The van der Waals surface area contributed by atoms with E-state index in [-0.39, 0.29) is 24.2 Å². The highest BCUT2D eigenvalue weighted by Gasteiger charge is 2.35. The molecule has 1 saturated heterocycles. The van der Waals surface area contributed by atoms with Gasteiger partial charge < -0.3 is 10.2 Å². The van der Waals surface area contributed by atoms with Crippen molar-refractivity contribution in [3.63, 3.8) is 0 Å². The monoisotopic (exact) mass is 350 g/mol. The lowest BCUT2D eigenvalue weighted by atomic mass is 10.1. The van der Waals surface area contributed by atoms with Crippen LogP contribution < -0.4 is 10.2 Å². The van der Waals surface area contributed by atoms with Crippen LogP contribution in [0.1, 0.15) is 37.3 Å². The Morgan fingerprint density at radius 3 is 2.58 bits per heavy atom. The Morgan fingerprint density at radius 1 is 1.15 bits per heavy atom. The van der Waals surface area contributed by atoms with Crippen LogP contribution in [0, 0.1) is 12.8 Å². The van der Waals surface area contributed by atoms with Gasteiger partial charge in [-0.25, -0.2) is 0 Å². The molecule has 2 amide bonds. The quantitative estimate of drug-likeness (QED) is 0.843. The predicted molar refractivity (Wildman–Crippen MR) is 105 cm³/mol. The zero-order chi connectivity index (χ0) is 18.5. The van der Waals surface area contributed by atoms with E-state index in [1.54, 1.807) is 4.90 Å². The first-order valence-corrected chi connectivity index (χ1v) is 9.34. The van der Waals surface area contributed by atoms with Gasteiger partial charge in [-0.3, -0.25) is 9.59 Å². The van der Waals surface area contributed by atoms with Crippen LogP contribution in [-0.4, -0.2) is 18.4 Å². The molecule has 136 valence electrons. The molecule has 1 N–H and O–H groups in total. The van der Waals surface area contributed by atoms with Crippen LogP contribution in [0.25, 0.3) is 0 Å². The van der Waals surface area contributed by atoms with E-state index in [4.69, 9.17) is 0 Å². The fourth-order valence-corrected chi connectivity index (χ4v) is 3.36. The summed E-state index contributed by atoms with van der Waals surface area (Å²) in [7, 11) is 0. The molecular weight excluding hydrogens is 324 g/mol. The van der Waals surface area contributed by atoms with E-state index in [9.17, 15) is 9.59 Å². The Kier molecular flexibility index (Phi) is 5.71. The molecule has 1 aliphatic rings. The predicted octanol–water partition coefficient (Wildman–Crippen LogP) is 4.33. The Morgan fingerprint density at radius 2 is 1.88 bits per heavy atom. The molecule has 0 bridgehead atoms. The lowest BCUT2D eigenvalue weighted by Crippen LogP contribution is -2.28. The largest absolute Gasteiger partial charge is 0.326 e. The van der Waals surface area contributed by atoms with Crippen molar-refractivity contribution in [2.45, 2.75) is 39.5 Å².